The van der Waals surface area contributed by atoms with Gasteiger partial charge < -0.3 is 10.2 Å². The number of carbonyl (C=O) groups is 1. The van der Waals surface area contributed by atoms with Crippen LogP contribution in [0.2, 0.25) is 0 Å². The summed E-state index contributed by atoms with van der Waals surface area (Å²) in [4.78, 5) is 17.6. The van der Waals surface area contributed by atoms with Gasteiger partial charge in [-0.1, -0.05) is 27.2 Å². The highest BCUT2D eigenvalue weighted by Gasteiger charge is 2.05. The van der Waals surface area contributed by atoms with Crippen LogP contribution in [0.1, 0.15) is 40.0 Å². The van der Waals surface area contributed by atoms with Crippen molar-refractivity contribution in [2.45, 2.75) is 40.0 Å². The zero-order valence-electron chi connectivity index (χ0n) is 11.7. The molecule has 2 amide bonds. The number of amides is 2. The van der Waals surface area contributed by atoms with Gasteiger partial charge in [0.2, 0.25) is 0 Å². The summed E-state index contributed by atoms with van der Waals surface area (Å²) in [5, 5.41) is 2.89. The molecule has 0 heterocycles. The van der Waals surface area contributed by atoms with E-state index in [4.69, 9.17) is 0 Å². The van der Waals surface area contributed by atoms with Crippen LogP contribution in [-0.4, -0.2) is 43.8 Å². The molecular weight excluding hydrogens is 214 g/mol. The van der Waals surface area contributed by atoms with Gasteiger partial charge in [-0.2, -0.15) is 0 Å². The van der Waals surface area contributed by atoms with Gasteiger partial charge >= 0.3 is 6.03 Å². The number of hydrogen-bond acceptors (Lipinski definition) is 2. The summed E-state index contributed by atoms with van der Waals surface area (Å²) >= 11 is 0. The minimum absolute atomic E-state index is 0.0197. The van der Waals surface area contributed by atoms with Gasteiger partial charge in [0, 0.05) is 32.9 Å². The second kappa shape index (κ2) is 10.1. The van der Waals surface area contributed by atoms with Gasteiger partial charge in [-0.25, -0.2) is 4.79 Å². The van der Waals surface area contributed by atoms with E-state index in [-0.39, 0.29) is 6.03 Å². The lowest BCUT2D eigenvalue weighted by Crippen LogP contribution is -2.38. The second-order valence-electron chi connectivity index (χ2n) is 4.66. The summed E-state index contributed by atoms with van der Waals surface area (Å²) in [5.41, 5.74) is 0. The Morgan fingerprint density at radius 3 is 2.71 bits per heavy atom. The van der Waals surface area contributed by atoms with Crippen LogP contribution in [0.25, 0.3) is 0 Å². The average Bonchev–Trinajstić information content (AvgIpc) is 2.28. The van der Waals surface area contributed by atoms with Gasteiger partial charge in [-0.05, 0) is 18.8 Å². The maximum absolute atomic E-state index is 11.6. The van der Waals surface area contributed by atoms with Crippen LogP contribution in [-0.2, 0) is 0 Å². The van der Waals surface area contributed by atoms with E-state index in [2.05, 4.69) is 31.1 Å². The van der Waals surface area contributed by atoms with Crippen molar-refractivity contribution in [2.24, 2.45) is 10.9 Å². The Labute approximate surface area is 105 Å². The van der Waals surface area contributed by atoms with Gasteiger partial charge in [0.25, 0.3) is 0 Å². The van der Waals surface area contributed by atoms with Gasteiger partial charge in [0.1, 0.15) is 0 Å². The summed E-state index contributed by atoms with van der Waals surface area (Å²) in [6.07, 6.45) is 5.02. The molecule has 0 spiro atoms. The third-order valence-electron chi connectivity index (χ3n) is 2.34. The Hall–Kier alpha value is -1.06. The summed E-state index contributed by atoms with van der Waals surface area (Å²) in [6.45, 7) is 8.65. The zero-order valence-corrected chi connectivity index (χ0v) is 11.7. The normalized spacial score (nSPS) is 11.1. The molecule has 0 saturated heterocycles. The summed E-state index contributed by atoms with van der Waals surface area (Å²) in [7, 11) is 1.83. The molecule has 0 bridgehead atoms. The van der Waals surface area contributed by atoms with Gasteiger partial charge in [0.15, 0.2) is 0 Å². The fraction of sp³-hybridized carbons (Fsp3) is 0.846. The predicted octanol–water partition coefficient (Wildman–Crippen LogP) is 2.54. The molecule has 0 radical (unpaired) electrons. The van der Waals surface area contributed by atoms with Crippen LogP contribution in [0.15, 0.2) is 4.99 Å². The van der Waals surface area contributed by atoms with E-state index in [9.17, 15) is 4.79 Å². The first-order valence-corrected chi connectivity index (χ1v) is 6.56. The van der Waals surface area contributed by atoms with Crippen LogP contribution >= 0.6 is 0 Å². The third-order valence-corrected chi connectivity index (χ3v) is 2.34. The van der Waals surface area contributed by atoms with Crippen molar-refractivity contribution in [3.63, 3.8) is 0 Å². The van der Waals surface area contributed by atoms with Crippen LogP contribution in [0.3, 0.4) is 0 Å². The highest BCUT2D eigenvalue weighted by Crippen LogP contribution is 1.92. The second-order valence-corrected chi connectivity index (χ2v) is 4.66. The van der Waals surface area contributed by atoms with Crippen LogP contribution in [0.5, 0.6) is 0 Å². The van der Waals surface area contributed by atoms with Crippen molar-refractivity contribution in [1.82, 2.24) is 10.2 Å². The van der Waals surface area contributed by atoms with E-state index in [0.29, 0.717) is 5.92 Å². The molecule has 100 valence electrons. The highest BCUT2D eigenvalue weighted by molar-refractivity contribution is 5.73. The minimum Gasteiger partial charge on any atom is -0.338 e. The molecule has 0 atom stereocenters. The third kappa shape index (κ3) is 9.85. The lowest BCUT2D eigenvalue weighted by atomic mass is 10.2. The number of nitrogens with one attached hydrogen (secondary N) is 1. The molecule has 0 aromatic carbocycles. The van der Waals surface area contributed by atoms with E-state index < -0.39 is 0 Å². The average molecular weight is 241 g/mol. The first kappa shape index (κ1) is 15.9. The molecule has 0 saturated carbocycles. The first-order valence-electron chi connectivity index (χ1n) is 6.56. The Bertz CT molecular complexity index is 227. The van der Waals surface area contributed by atoms with E-state index in [1.165, 1.54) is 0 Å². The van der Waals surface area contributed by atoms with Crippen LogP contribution in [0.4, 0.5) is 4.79 Å². The van der Waals surface area contributed by atoms with E-state index in [0.717, 1.165) is 38.9 Å². The molecule has 0 fully saturated rings. The van der Waals surface area contributed by atoms with Crippen LogP contribution < -0.4 is 5.32 Å². The number of aliphatic imine (C=N–C) groups is 1. The van der Waals surface area contributed by atoms with E-state index in [1.54, 1.807) is 4.90 Å². The Morgan fingerprint density at radius 2 is 2.12 bits per heavy atom. The molecule has 0 aromatic heterocycles. The molecule has 1 N–H and O–H groups in total. The Kier molecular flexibility index (Phi) is 9.49. The Morgan fingerprint density at radius 1 is 1.41 bits per heavy atom. The lowest BCUT2D eigenvalue weighted by molar-refractivity contribution is 0.208. The molecule has 0 aromatic rings. The van der Waals surface area contributed by atoms with Crippen LogP contribution in [0, 0.1) is 5.92 Å². The number of urea groups is 1. The monoisotopic (exact) mass is 241 g/mol. The number of rotatable bonds is 8. The molecular formula is C13H27N3O. The highest BCUT2D eigenvalue weighted by atomic mass is 16.2. The van der Waals surface area contributed by atoms with Gasteiger partial charge in [0.05, 0.1) is 0 Å². The van der Waals surface area contributed by atoms with Crippen molar-refractivity contribution < 1.29 is 4.79 Å². The number of unbranched alkanes of at least 4 members (excludes halogenated alkanes) is 1. The topological polar surface area (TPSA) is 44.7 Å². The van der Waals surface area contributed by atoms with Gasteiger partial charge in [-0.3, -0.25) is 4.99 Å². The van der Waals surface area contributed by atoms with E-state index in [1.807, 2.05) is 13.3 Å². The summed E-state index contributed by atoms with van der Waals surface area (Å²) in [5.74, 6) is 0.505. The standard InChI is InChI=1S/C13H27N3O/c1-5-6-9-15-13(17)16(4)10-7-8-14-11-12(2)3/h11-12H,5-10H2,1-4H3,(H,15,17). The number of hydrogen-bond donors (Lipinski definition) is 1. The van der Waals surface area contributed by atoms with Crippen molar-refractivity contribution in [1.29, 1.82) is 0 Å². The van der Waals surface area contributed by atoms with Crippen molar-refractivity contribution in [2.75, 3.05) is 26.7 Å². The Balaban J connectivity index is 3.56. The minimum atomic E-state index is 0.0197. The molecule has 0 aliphatic rings. The van der Waals surface area contributed by atoms with Gasteiger partial charge in [-0.15, -0.1) is 0 Å². The fourth-order valence-corrected chi connectivity index (χ4v) is 1.29. The number of nitrogens with zero attached hydrogens (tertiary/aromatic N) is 2. The van der Waals surface area contributed by atoms with Crippen molar-refractivity contribution >= 4 is 12.2 Å². The zero-order chi connectivity index (χ0) is 13.1. The predicted molar refractivity (Wildman–Crippen MR) is 73.8 cm³/mol. The molecule has 0 aliphatic heterocycles. The maximum Gasteiger partial charge on any atom is 0.317 e. The SMILES string of the molecule is CCCCNC(=O)N(C)CCCN=CC(C)C. The smallest absolute Gasteiger partial charge is 0.317 e. The quantitative estimate of drug-likeness (QED) is 0.515. The molecule has 17 heavy (non-hydrogen) atoms. The molecule has 0 unspecified atom stereocenters. The summed E-state index contributed by atoms with van der Waals surface area (Å²) in [6, 6.07) is 0.0197. The molecule has 4 heteroatoms. The first-order chi connectivity index (χ1) is 8.07. The number of carbonyl (C=O) groups excluding carboxylic acids is 1. The molecule has 0 aliphatic carbocycles. The maximum atomic E-state index is 11.6. The molecule has 4 nitrogen and oxygen atoms in total. The van der Waals surface area contributed by atoms with Crippen molar-refractivity contribution in [3.05, 3.63) is 0 Å². The fourth-order valence-electron chi connectivity index (χ4n) is 1.29. The lowest BCUT2D eigenvalue weighted by Gasteiger charge is -2.17. The van der Waals surface area contributed by atoms with E-state index >= 15 is 0 Å². The van der Waals surface area contributed by atoms with Crippen molar-refractivity contribution in [3.8, 4) is 0 Å². The molecule has 0 rings (SSSR count). The summed E-state index contributed by atoms with van der Waals surface area (Å²) < 4.78 is 0. The largest absolute Gasteiger partial charge is 0.338 e.